The molecule has 2 aromatic rings. The van der Waals surface area contributed by atoms with Crippen LogP contribution in [0.2, 0.25) is 0 Å². The number of aryl methyl sites for hydroxylation is 1. The Kier molecular flexibility index (Phi) is 5.12. The lowest BCUT2D eigenvalue weighted by molar-refractivity contribution is -0.131. The first-order valence-corrected chi connectivity index (χ1v) is 10.3. The highest BCUT2D eigenvalue weighted by Crippen LogP contribution is 2.41. The Morgan fingerprint density at radius 1 is 1.11 bits per heavy atom. The number of hydrogen-bond acceptors (Lipinski definition) is 5. The fourth-order valence-electron chi connectivity index (χ4n) is 3.12. The lowest BCUT2D eigenvalue weighted by Gasteiger charge is -2.10. The van der Waals surface area contributed by atoms with Crippen molar-refractivity contribution in [2.24, 2.45) is 0 Å². The van der Waals surface area contributed by atoms with Crippen molar-refractivity contribution in [3.05, 3.63) is 70.7 Å². The van der Waals surface area contributed by atoms with Gasteiger partial charge in [0, 0.05) is 17.4 Å². The second-order valence-electron chi connectivity index (χ2n) is 6.39. The smallest absolute Gasteiger partial charge is 0.344 e. The van der Waals surface area contributed by atoms with Crippen LogP contribution < -0.4 is 4.74 Å². The van der Waals surface area contributed by atoms with Crippen molar-refractivity contribution < 1.29 is 27.1 Å². The fourth-order valence-corrected chi connectivity index (χ4v) is 3.76. The van der Waals surface area contributed by atoms with Crippen LogP contribution in [0.3, 0.4) is 0 Å². The number of rotatable bonds is 4. The van der Waals surface area contributed by atoms with Crippen molar-refractivity contribution in [1.82, 2.24) is 0 Å². The van der Waals surface area contributed by atoms with Gasteiger partial charge in [-0.15, -0.1) is 0 Å². The second kappa shape index (κ2) is 7.24. The lowest BCUT2D eigenvalue weighted by Crippen LogP contribution is -2.01. The highest BCUT2D eigenvalue weighted by atomic mass is 32.2. The van der Waals surface area contributed by atoms with Gasteiger partial charge in [-0.1, -0.05) is 6.07 Å². The van der Waals surface area contributed by atoms with E-state index in [0.717, 1.165) is 17.9 Å². The summed E-state index contributed by atoms with van der Waals surface area (Å²) in [5.74, 6) is -0.468. The van der Waals surface area contributed by atoms with Crippen LogP contribution in [-0.2, 0) is 19.4 Å². The zero-order valence-corrected chi connectivity index (χ0v) is 16.7. The summed E-state index contributed by atoms with van der Waals surface area (Å²) < 4.78 is 48.8. The Morgan fingerprint density at radius 2 is 1.82 bits per heavy atom. The van der Waals surface area contributed by atoms with Crippen molar-refractivity contribution in [2.45, 2.75) is 18.7 Å². The summed E-state index contributed by atoms with van der Waals surface area (Å²) in [6, 6.07) is 8.79. The molecule has 0 fully saturated rings. The molecule has 0 saturated heterocycles. The van der Waals surface area contributed by atoms with Crippen molar-refractivity contribution in [3.8, 4) is 5.75 Å². The maximum absolute atomic E-state index is 14.8. The number of carbonyl (C=O) groups excluding carboxylic acids is 1. The zero-order chi connectivity index (χ0) is 20.6. The van der Waals surface area contributed by atoms with Crippen molar-refractivity contribution in [2.75, 3.05) is 13.4 Å². The Bertz CT molecular complexity index is 1140. The molecule has 146 valence electrons. The first kappa shape index (κ1) is 19.8. The summed E-state index contributed by atoms with van der Waals surface area (Å²) in [7, 11) is -2.01. The Balaban J connectivity index is 2.27. The van der Waals surface area contributed by atoms with Crippen LogP contribution in [0, 0.1) is 12.7 Å². The van der Waals surface area contributed by atoms with Gasteiger partial charge in [0.05, 0.1) is 17.6 Å². The Morgan fingerprint density at radius 3 is 2.36 bits per heavy atom. The molecule has 0 bridgehead atoms. The first-order chi connectivity index (χ1) is 13.2. The van der Waals surface area contributed by atoms with Crippen LogP contribution in [0.5, 0.6) is 5.75 Å². The molecule has 0 aromatic heterocycles. The van der Waals surface area contributed by atoms with Gasteiger partial charge in [0.25, 0.3) is 0 Å². The van der Waals surface area contributed by atoms with Gasteiger partial charge in [-0.2, -0.15) is 0 Å². The molecule has 0 aliphatic carbocycles. The van der Waals surface area contributed by atoms with E-state index in [0.29, 0.717) is 11.3 Å². The summed E-state index contributed by atoms with van der Waals surface area (Å²) in [5.41, 5.74) is 1.96. The molecule has 0 unspecified atom stereocenters. The number of hydrogen-bond donors (Lipinski definition) is 0. The second-order valence-corrected chi connectivity index (χ2v) is 8.41. The number of esters is 1. The largest absolute Gasteiger partial charge is 0.496 e. The van der Waals surface area contributed by atoms with Crippen LogP contribution in [0.4, 0.5) is 4.39 Å². The molecule has 1 aliphatic heterocycles. The minimum Gasteiger partial charge on any atom is -0.496 e. The van der Waals surface area contributed by atoms with Crippen LogP contribution in [0.15, 0.2) is 53.1 Å². The molecule has 0 amide bonds. The van der Waals surface area contributed by atoms with Gasteiger partial charge in [0.1, 0.15) is 17.3 Å². The number of allylic oxidation sites excluding steroid dienone is 2. The molecule has 7 heteroatoms. The number of methoxy groups -OCH3 is 1. The van der Waals surface area contributed by atoms with E-state index in [1.54, 1.807) is 38.3 Å². The number of ether oxygens (including phenoxy) is 2. The molecule has 5 nitrogen and oxygen atoms in total. The van der Waals surface area contributed by atoms with Gasteiger partial charge in [0.2, 0.25) is 0 Å². The molecule has 0 N–H and O–H groups in total. The van der Waals surface area contributed by atoms with Crippen LogP contribution >= 0.6 is 0 Å². The third kappa shape index (κ3) is 3.45. The van der Waals surface area contributed by atoms with Crippen LogP contribution in [0.1, 0.15) is 23.6 Å². The predicted molar refractivity (Wildman–Crippen MR) is 104 cm³/mol. The first-order valence-electron chi connectivity index (χ1n) is 8.45. The van der Waals surface area contributed by atoms with E-state index in [9.17, 15) is 17.6 Å². The standard InChI is InChI=1S/C21H19FO5S/c1-5-17-20(15-8-7-14(11-16(15)22)28(4,24)25)19(21(23)27-17)13-6-9-18(26-3)12(2)10-13/h5-11H,1-4H3. The lowest BCUT2D eigenvalue weighted by atomic mass is 9.93. The molecular formula is C21H19FO5S. The zero-order valence-electron chi connectivity index (χ0n) is 15.9. The third-order valence-electron chi connectivity index (χ3n) is 4.49. The molecule has 0 radical (unpaired) electrons. The minimum atomic E-state index is -3.56. The van der Waals surface area contributed by atoms with Crippen molar-refractivity contribution >= 4 is 27.0 Å². The molecule has 28 heavy (non-hydrogen) atoms. The van der Waals surface area contributed by atoms with E-state index >= 15 is 0 Å². The highest BCUT2D eigenvalue weighted by Gasteiger charge is 2.33. The highest BCUT2D eigenvalue weighted by molar-refractivity contribution is 7.90. The summed E-state index contributed by atoms with van der Waals surface area (Å²) in [4.78, 5) is 12.4. The molecule has 1 aliphatic rings. The average molecular weight is 402 g/mol. The van der Waals surface area contributed by atoms with E-state index in [2.05, 4.69) is 0 Å². The van der Waals surface area contributed by atoms with Gasteiger partial charge in [0.15, 0.2) is 9.84 Å². The van der Waals surface area contributed by atoms with E-state index in [1.807, 2.05) is 6.92 Å². The quantitative estimate of drug-likeness (QED) is 0.725. The predicted octanol–water partition coefficient (Wildman–Crippen LogP) is 3.92. The summed E-state index contributed by atoms with van der Waals surface area (Å²) in [6.07, 6.45) is 2.58. The van der Waals surface area contributed by atoms with Gasteiger partial charge in [-0.25, -0.2) is 17.6 Å². The van der Waals surface area contributed by atoms with E-state index in [1.165, 1.54) is 12.1 Å². The van der Waals surface area contributed by atoms with Crippen molar-refractivity contribution in [3.63, 3.8) is 0 Å². The van der Waals surface area contributed by atoms with Crippen LogP contribution in [-0.4, -0.2) is 27.8 Å². The average Bonchev–Trinajstić information content (AvgIpc) is 2.97. The Labute approximate surface area is 163 Å². The van der Waals surface area contributed by atoms with Gasteiger partial charge < -0.3 is 9.47 Å². The summed E-state index contributed by atoms with van der Waals surface area (Å²) in [6.45, 7) is 3.51. The number of cyclic esters (lactones) is 1. The topological polar surface area (TPSA) is 69.7 Å². The maximum Gasteiger partial charge on any atom is 0.344 e. The molecule has 3 rings (SSSR count). The minimum absolute atomic E-state index is 0.0924. The van der Waals surface area contributed by atoms with Gasteiger partial charge >= 0.3 is 5.97 Å². The molecule has 0 spiro atoms. The maximum atomic E-state index is 14.8. The molecule has 2 aromatic carbocycles. The third-order valence-corrected chi connectivity index (χ3v) is 5.60. The number of halogens is 1. The van der Waals surface area contributed by atoms with Gasteiger partial charge in [-0.05, 0) is 61.4 Å². The van der Waals surface area contributed by atoms with Crippen molar-refractivity contribution in [1.29, 1.82) is 0 Å². The van der Waals surface area contributed by atoms with E-state index in [-0.39, 0.29) is 27.4 Å². The number of sulfone groups is 1. The van der Waals surface area contributed by atoms with Gasteiger partial charge in [-0.3, -0.25) is 0 Å². The number of benzene rings is 2. The molecular weight excluding hydrogens is 383 g/mol. The SMILES string of the molecule is CC=C1OC(=O)C(c2ccc(OC)c(C)c2)=C1c1ccc(S(C)(=O)=O)cc1F. The molecule has 0 saturated carbocycles. The van der Waals surface area contributed by atoms with E-state index in [4.69, 9.17) is 9.47 Å². The van der Waals surface area contributed by atoms with E-state index < -0.39 is 21.6 Å². The molecule has 1 heterocycles. The Hall–Kier alpha value is -2.93. The summed E-state index contributed by atoms with van der Waals surface area (Å²) in [5, 5.41) is 0. The monoisotopic (exact) mass is 402 g/mol. The molecule has 0 atom stereocenters. The normalized spacial score (nSPS) is 15.9. The number of carbonyl (C=O) groups is 1. The van der Waals surface area contributed by atoms with Crippen LogP contribution in [0.25, 0.3) is 11.1 Å². The fraction of sp³-hybridized carbons (Fsp3) is 0.190. The summed E-state index contributed by atoms with van der Waals surface area (Å²) >= 11 is 0.